The summed E-state index contributed by atoms with van der Waals surface area (Å²) >= 11 is 6.57. The lowest BCUT2D eigenvalue weighted by Crippen LogP contribution is -2.30. The lowest BCUT2D eigenvalue weighted by Gasteiger charge is -2.22. The summed E-state index contributed by atoms with van der Waals surface area (Å²) in [5.41, 5.74) is 3.87. The molecule has 1 aliphatic rings. The smallest absolute Gasteiger partial charge is 0.254 e. The molecule has 37 heavy (non-hydrogen) atoms. The van der Waals surface area contributed by atoms with E-state index < -0.39 is 0 Å². The Bertz CT molecular complexity index is 1440. The van der Waals surface area contributed by atoms with Gasteiger partial charge < -0.3 is 10.6 Å². The van der Waals surface area contributed by atoms with Crippen molar-refractivity contribution in [1.29, 1.82) is 0 Å². The Hall–Kier alpha value is -3.76. The van der Waals surface area contributed by atoms with Gasteiger partial charge in [0.25, 0.3) is 5.91 Å². The molecule has 1 amide bonds. The van der Waals surface area contributed by atoms with Crippen LogP contribution in [-0.2, 0) is 25.2 Å². The van der Waals surface area contributed by atoms with Gasteiger partial charge in [-0.2, -0.15) is 10.2 Å². The second-order valence-electron chi connectivity index (χ2n) is 10.2. The number of nitrogens with one attached hydrogen (secondary N) is 2. The van der Waals surface area contributed by atoms with Gasteiger partial charge in [0, 0.05) is 48.5 Å². The fourth-order valence-electron chi connectivity index (χ4n) is 4.11. The molecule has 5 rings (SSSR count). The normalized spacial score (nSPS) is 13.9. The number of benzene rings is 1. The first kappa shape index (κ1) is 24.9. The van der Waals surface area contributed by atoms with Gasteiger partial charge in [-0.1, -0.05) is 23.7 Å². The van der Waals surface area contributed by atoms with E-state index in [0.29, 0.717) is 22.9 Å². The van der Waals surface area contributed by atoms with E-state index in [-0.39, 0.29) is 11.4 Å². The fourth-order valence-corrected chi connectivity index (χ4v) is 4.36. The third-order valence-corrected chi connectivity index (χ3v) is 6.58. The number of halogens is 1. The maximum absolute atomic E-state index is 12.6. The molecule has 0 unspecified atom stereocenters. The van der Waals surface area contributed by atoms with Gasteiger partial charge in [0.15, 0.2) is 5.82 Å². The Kier molecular flexibility index (Phi) is 6.70. The second-order valence-corrected chi connectivity index (χ2v) is 10.6. The van der Waals surface area contributed by atoms with Crippen molar-refractivity contribution < 1.29 is 4.79 Å². The molecule has 0 saturated heterocycles. The van der Waals surface area contributed by atoms with E-state index in [9.17, 15) is 4.79 Å². The molecule has 3 aromatic heterocycles. The Labute approximate surface area is 220 Å². The van der Waals surface area contributed by atoms with Crippen molar-refractivity contribution in [2.75, 3.05) is 18.9 Å². The summed E-state index contributed by atoms with van der Waals surface area (Å²) in [4.78, 5) is 23.6. The van der Waals surface area contributed by atoms with E-state index in [1.807, 2.05) is 55.8 Å². The van der Waals surface area contributed by atoms with Gasteiger partial charge in [0.2, 0.25) is 0 Å². The molecule has 1 aromatic carbocycles. The summed E-state index contributed by atoms with van der Waals surface area (Å²) in [7, 11) is 2.10. The molecule has 1 aliphatic heterocycles. The van der Waals surface area contributed by atoms with E-state index in [2.05, 4.69) is 42.7 Å². The number of carbonyl (C=O) groups excluding carboxylic acids is 1. The SMILES string of the molecule is CN1CCn2nc(Nc3cc(-c4ccc(CNC(=O)c5cnn(C(C)(C)C)c5)c(Cl)c4)ncn3)cc2C1. The number of hydrogen-bond acceptors (Lipinski definition) is 7. The van der Waals surface area contributed by atoms with Crippen LogP contribution in [0.1, 0.15) is 42.4 Å². The first-order valence-electron chi connectivity index (χ1n) is 12.1. The maximum Gasteiger partial charge on any atom is 0.254 e. The van der Waals surface area contributed by atoms with Crippen molar-refractivity contribution in [3.05, 3.63) is 70.9 Å². The van der Waals surface area contributed by atoms with Crippen molar-refractivity contribution in [1.82, 2.24) is 39.7 Å². The van der Waals surface area contributed by atoms with Crippen LogP contribution in [0, 0.1) is 0 Å². The first-order valence-corrected chi connectivity index (χ1v) is 12.5. The van der Waals surface area contributed by atoms with Crippen molar-refractivity contribution >= 4 is 29.1 Å². The highest BCUT2D eigenvalue weighted by Crippen LogP contribution is 2.27. The molecule has 0 aliphatic carbocycles. The minimum absolute atomic E-state index is 0.191. The number of rotatable bonds is 6. The molecule has 4 heterocycles. The zero-order valence-electron chi connectivity index (χ0n) is 21.4. The third kappa shape index (κ3) is 5.65. The molecule has 0 atom stereocenters. The predicted octanol–water partition coefficient (Wildman–Crippen LogP) is 4.06. The predicted molar refractivity (Wildman–Crippen MR) is 143 cm³/mol. The minimum atomic E-state index is -0.199. The van der Waals surface area contributed by atoms with Crippen LogP contribution in [0.15, 0.2) is 49.1 Å². The Balaban J connectivity index is 1.25. The summed E-state index contributed by atoms with van der Waals surface area (Å²) in [5, 5.41) is 15.7. The van der Waals surface area contributed by atoms with Crippen LogP contribution in [0.3, 0.4) is 0 Å². The van der Waals surface area contributed by atoms with E-state index in [4.69, 9.17) is 11.6 Å². The Morgan fingerprint density at radius 1 is 1.11 bits per heavy atom. The number of hydrogen-bond donors (Lipinski definition) is 2. The molecule has 0 saturated carbocycles. The van der Waals surface area contributed by atoms with Crippen LogP contribution < -0.4 is 10.6 Å². The number of carbonyl (C=O) groups is 1. The zero-order valence-corrected chi connectivity index (χ0v) is 22.1. The summed E-state index contributed by atoms with van der Waals surface area (Å²) in [6.07, 6.45) is 4.84. The number of fused-ring (bicyclic) bond motifs is 1. The van der Waals surface area contributed by atoms with Gasteiger partial charge >= 0.3 is 0 Å². The van der Waals surface area contributed by atoms with Crippen LogP contribution in [0.5, 0.6) is 0 Å². The van der Waals surface area contributed by atoms with Gasteiger partial charge in [-0.15, -0.1) is 0 Å². The standard InChI is InChI=1S/C26H30ClN9O/c1-26(2,3)36-14-19(13-31-36)25(37)28-12-18-6-5-17(9-21(18)27)22-11-23(30-16-29-22)32-24-10-20-15-34(4)7-8-35(20)33-24/h5-6,9-11,13-14,16H,7-8,12,15H2,1-4H3,(H,28,37)(H,29,30,32,33). The molecule has 0 spiro atoms. The lowest BCUT2D eigenvalue weighted by atomic mass is 10.1. The van der Waals surface area contributed by atoms with Crippen LogP contribution in [0.25, 0.3) is 11.3 Å². The quantitative estimate of drug-likeness (QED) is 0.395. The summed E-state index contributed by atoms with van der Waals surface area (Å²) in [6.45, 7) is 9.11. The second kappa shape index (κ2) is 9.95. The number of anilines is 2. The highest BCUT2D eigenvalue weighted by Gasteiger charge is 2.18. The van der Waals surface area contributed by atoms with Crippen LogP contribution >= 0.6 is 11.6 Å². The summed E-state index contributed by atoms with van der Waals surface area (Å²) in [6, 6.07) is 9.59. The number of amides is 1. The molecule has 0 fully saturated rings. The molecule has 11 heteroatoms. The lowest BCUT2D eigenvalue weighted by molar-refractivity contribution is 0.0950. The van der Waals surface area contributed by atoms with Crippen LogP contribution in [0.4, 0.5) is 11.6 Å². The first-order chi connectivity index (χ1) is 17.7. The molecule has 2 N–H and O–H groups in total. The van der Waals surface area contributed by atoms with Crippen LogP contribution in [-0.4, -0.2) is 53.9 Å². The molecule has 192 valence electrons. The third-order valence-electron chi connectivity index (χ3n) is 6.23. The fraction of sp³-hybridized carbons (Fsp3) is 0.346. The highest BCUT2D eigenvalue weighted by molar-refractivity contribution is 6.31. The Morgan fingerprint density at radius 2 is 1.95 bits per heavy atom. The monoisotopic (exact) mass is 519 g/mol. The maximum atomic E-state index is 12.6. The van der Waals surface area contributed by atoms with Gasteiger partial charge in [-0.3, -0.25) is 19.1 Å². The van der Waals surface area contributed by atoms with Crippen molar-refractivity contribution in [3.63, 3.8) is 0 Å². The van der Waals surface area contributed by atoms with Gasteiger partial charge in [-0.25, -0.2) is 9.97 Å². The van der Waals surface area contributed by atoms with Crippen molar-refractivity contribution in [2.45, 2.75) is 45.9 Å². The molecule has 0 bridgehead atoms. The van der Waals surface area contributed by atoms with E-state index >= 15 is 0 Å². The van der Waals surface area contributed by atoms with Gasteiger partial charge in [0.05, 0.1) is 35.2 Å². The van der Waals surface area contributed by atoms with Gasteiger partial charge in [-0.05, 0) is 39.4 Å². The largest absolute Gasteiger partial charge is 0.348 e. The molecular formula is C26H30ClN9O. The van der Waals surface area contributed by atoms with Crippen molar-refractivity contribution in [2.24, 2.45) is 0 Å². The number of nitrogens with zero attached hydrogens (tertiary/aromatic N) is 7. The van der Waals surface area contributed by atoms with Crippen LogP contribution in [0.2, 0.25) is 5.02 Å². The minimum Gasteiger partial charge on any atom is -0.348 e. The summed E-state index contributed by atoms with van der Waals surface area (Å²) < 4.78 is 3.80. The van der Waals surface area contributed by atoms with Gasteiger partial charge in [0.1, 0.15) is 12.1 Å². The van der Waals surface area contributed by atoms with E-state index in [1.165, 1.54) is 12.0 Å². The molecule has 4 aromatic rings. The zero-order chi connectivity index (χ0) is 26.2. The molecule has 10 nitrogen and oxygen atoms in total. The topological polar surface area (TPSA) is 106 Å². The average Bonchev–Trinajstić information content (AvgIpc) is 3.50. The Morgan fingerprint density at radius 3 is 2.70 bits per heavy atom. The average molecular weight is 520 g/mol. The molecule has 0 radical (unpaired) electrons. The van der Waals surface area contributed by atoms with E-state index in [1.54, 1.807) is 17.1 Å². The highest BCUT2D eigenvalue weighted by atomic mass is 35.5. The number of aromatic nitrogens is 6. The summed E-state index contributed by atoms with van der Waals surface area (Å²) in [5.74, 6) is 1.21. The molecular weight excluding hydrogens is 490 g/mol. The van der Waals surface area contributed by atoms with E-state index in [0.717, 1.165) is 42.3 Å². The number of likely N-dealkylation sites (N-methyl/N-ethyl adjacent to an activating group) is 1. The van der Waals surface area contributed by atoms with Crippen molar-refractivity contribution in [3.8, 4) is 11.3 Å².